The van der Waals surface area contributed by atoms with E-state index in [0.29, 0.717) is 12.8 Å². The van der Waals surface area contributed by atoms with Gasteiger partial charge in [-0.05, 0) is 19.3 Å². The molecule has 21 heavy (non-hydrogen) atoms. The van der Waals surface area contributed by atoms with Crippen LogP contribution in [0.3, 0.4) is 0 Å². The highest BCUT2D eigenvalue weighted by molar-refractivity contribution is 5.97. The highest BCUT2D eigenvalue weighted by atomic mass is 19.4. The first kappa shape index (κ1) is 17.8. The summed E-state index contributed by atoms with van der Waals surface area (Å²) in [6.07, 6.45) is -4.50. The fourth-order valence-electron chi connectivity index (χ4n) is 2.71. The Bertz CT molecular complexity index is 398. The molecule has 7 heteroatoms. The minimum Gasteiger partial charge on any atom is -0.342 e. The lowest BCUT2D eigenvalue weighted by Gasteiger charge is -2.43. The first-order valence-corrected chi connectivity index (χ1v) is 7.31. The molecule has 0 aromatic carbocycles. The Morgan fingerprint density at radius 1 is 1.24 bits per heavy atom. The number of carbonyl (C=O) groups excluding carboxylic acids is 2. The molecular formula is C14H23F3N2O2. The van der Waals surface area contributed by atoms with Gasteiger partial charge in [0, 0.05) is 6.04 Å². The molecule has 0 aromatic heterocycles. The average molecular weight is 308 g/mol. The van der Waals surface area contributed by atoms with Crippen LogP contribution in [0.15, 0.2) is 0 Å². The van der Waals surface area contributed by atoms with Gasteiger partial charge in [0.15, 0.2) is 0 Å². The SMILES string of the molecule is CCC(C)C1NC(=O)C(CC)N(C(C)CC(F)(F)F)C1=O. The van der Waals surface area contributed by atoms with Gasteiger partial charge in [-0.1, -0.05) is 27.2 Å². The molecule has 4 atom stereocenters. The minimum atomic E-state index is -4.36. The molecule has 0 aliphatic carbocycles. The molecule has 1 N–H and O–H groups in total. The van der Waals surface area contributed by atoms with Crippen LogP contribution in [0, 0.1) is 5.92 Å². The van der Waals surface area contributed by atoms with Crippen LogP contribution in [0.1, 0.15) is 47.0 Å². The smallest absolute Gasteiger partial charge is 0.342 e. The van der Waals surface area contributed by atoms with Crippen LogP contribution in [0.25, 0.3) is 0 Å². The van der Waals surface area contributed by atoms with Gasteiger partial charge < -0.3 is 10.2 Å². The lowest BCUT2D eigenvalue weighted by Crippen LogP contribution is -2.66. The van der Waals surface area contributed by atoms with Gasteiger partial charge in [-0.2, -0.15) is 13.2 Å². The van der Waals surface area contributed by atoms with Crippen LogP contribution >= 0.6 is 0 Å². The zero-order valence-corrected chi connectivity index (χ0v) is 12.8. The number of amides is 2. The van der Waals surface area contributed by atoms with E-state index in [0.717, 1.165) is 4.90 Å². The molecule has 0 radical (unpaired) electrons. The lowest BCUT2D eigenvalue weighted by molar-refractivity contribution is -0.166. The molecule has 4 nitrogen and oxygen atoms in total. The van der Waals surface area contributed by atoms with E-state index in [4.69, 9.17) is 0 Å². The van der Waals surface area contributed by atoms with E-state index in [1.54, 1.807) is 6.92 Å². The monoisotopic (exact) mass is 308 g/mol. The number of alkyl halides is 3. The van der Waals surface area contributed by atoms with Gasteiger partial charge in [-0.15, -0.1) is 0 Å². The van der Waals surface area contributed by atoms with Gasteiger partial charge in [0.05, 0.1) is 6.42 Å². The summed E-state index contributed by atoms with van der Waals surface area (Å²) in [5.41, 5.74) is 0. The largest absolute Gasteiger partial charge is 0.391 e. The predicted molar refractivity (Wildman–Crippen MR) is 72.4 cm³/mol. The van der Waals surface area contributed by atoms with Crippen molar-refractivity contribution in [2.75, 3.05) is 0 Å². The highest BCUT2D eigenvalue weighted by Gasteiger charge is 2.45. The summed E-state index contributed by atoms with van der Waals surface area (Å²) < 4.78 is 37.8. The van der Waals surface area contributed by atoms with E-state index in [9.17, 15) is 22.8 Å². The van der Waals surface area contributed by atoms with Crippen LogP contribution in [-0.4, -0.2) is 41.0 Å². The van der Waals surface area contributed by atoms with Crippen molar-refractivity contribution in [3.63, 3.8) is 0 Å². The van der Waals surface area contributed by atoms with Crippen molar-refractivity contribution in [2.45, 2.75) is 71.3 Å². The van der Waals surface area contributed by atoms with Crippen LogP contribution in [0.2, 0.25) is 0 Å². The molecule has 2 amide bonds. The molecule has 0 aromatic rings. The van der Waals surface area contributed by atoms with Gasteiger partial charge in [0.25, 0.3) is 0 Å². The molecule has 4 unspecified atom stereocenters. The maximum Gasteiger partial charge on any atom is 0.391 e. The van der Waals surface area contributed by atoms with E-state index in [1.807, 2.05) is 13.8 Å². The fourth-order valence-corrected chi connectivity index (χ4v) is 2.71. The zero-order chi connectivity index (χ0) is 16.4. The summed E-state index contributed by atoms with van der Waals surface area (Å²) in [7, 11) is 0. The lowest BCUT2D eigenvalue weighted by atomic mass is 9.92. The molecule has 1 saturated heterocycles. The van der Waals surface area contributed by atoms with Crippen LogP contribution < -0.4 is 5.32 Å². The molecule has 0 bridgehead atoms. The third-order valence-corrected chi connectivity index (χ3v) is 4.06. The Balaban J connectivity index is 3.03. The molecule has 1 heterocycles. The number of halogens is 3. The van der Waals surface area contributed by atoms with Gasteiger partial charge in [-0.25, -0.2) is 0 Å². The number of nitrogens with one attached hydrogen (secondary N) is 1. The topological polar surface area (TPSA) is 49.4 Å². The number of carbonyl (C=O) groups is 2. The first-order valence-electron chi connectivity index (χ1n) is 7.31. The molecular weight excluding hydrogens is 285 g/mol. The van der Waals surface area contributed by atoms with Crippen LogP contribution in [-0.2, 0) is 9.59 Å². The average Bonchev–Trinajstić information content (AvgIpc) is 2.37. The highest BCUT2D eigenvalue weighted by Crippen LogP contribution is 2.28. The van der Waals surface area contributed by atoms with Crippen molar-refractivity contribution >= 4 is 11.8 Å². The summed E-state index contributed by atoms with van der Waals surface area (Å²) >= 11 is 0. The Labute approximate surface area is 123 Å². The number of piperazine rings is 1. The van der Waals surface area contributed by atoms with Crippen molar-refractivity contribution in [3.05, 3.63) is 0 Å². The summed E-state index contributed by atoms with van der Waals surface area (Å²) in [5.74, 6) is -0.885. The molecule has 122 valence electrons. The summed E-state index contributed by atoms with van der Waals surface area (Å²) in [4.78, 5) is 25.7. The van der Waals surface area contributed by atoms with Gasteiger partial charge in [0.2, 0.25) is 11.8 Å². The normalized spacial score (nSPS) is 26.5. The molecule has 0 spiro atoms. The van der Waals surface area contributed by atoms with E-state index in [1.165, 1.54) is 6.92 Å². The second-order valence-electron chi connectivity index (χ2n) is 5.71. The molecule has 1 aliphatic rings. The van der Waals surface area contributed by atoms with Crippen molar-refractivity contribution in [1.29, 1.82) is 0 Å². The molecule has 1 rings (SSSR count). The van der Waals surface area contributed by atoms with E-state index in [-0.39, 0.29) is 11.8 Å². The first-order chi connectivity index (χ1) is 9.62. The van der Waals surface area contributed by atoms with Crippen molar-refractivity contribution in [2.24, 2.45) is 5.92 Å². The van der Waals surface area contributed by atoms with Crippen molar-refractivity contribution < 1.29 is 22.8 Å². The van der Waals surface area contributed by atoms with Crippen LogP contribution in [0.4, 0.5) is 13.2 Å². The van der Waals surface area contributed by atoms with E-state index >= 15 is 0 Å². The summed E-state index contributed by atoms with van der Waals surface area (Å²) in [5, 5.41) is 2.65. The number of nitrogens with zero attached hydrogens (tertiary/aromatic N) is 1. The predicted octanol–water partition coefficient (Wildman–Crippen LogP) is 2.48. The zero-order valence-electron chi connectivity index (χ0n) is 12.8. The molecule has 1 aliphatic heterocycles. The Morgan fingerprint density at radius 2 is 1.81 bits per heavy atom. The second kappa shape index (κ2) is 6.66. The third-order valence-electron chi connectivity index (χ3n) is 4.06. The number of hydrogen-bond acceptors (Lipinski definition) is 2. The Hall–Kier alpha value is -1.27. The maximum absolute atomic E-state index is 12.6. The Kier molecular flexibility index (Phi) is 5.64. The third kappa shape index (κ3) is 4.11. The molecule has 0 saturated carbocycles. The second-order valence-corrected chi connectivity index (χ2v) is 5.71. The number of rotatable bonds is 5. The maximum atomic E-state index is 12.6. The van der Waals surface area contributed by atoms with Crippen molar-refractivity contribution in [3.8, 4) is 0 Å². The van der Waals surface area contributed by atoms with Gasteiger partial charge >= 0.3 is 6.18 Å². The number of hydrogen-bond donors (Lipinski definition) is 1. The standard InChI is InChI=1S/C14H23F3N2O2/c1-5-8(3)11-13(21)19(9(4)7-14(15,16)17)10(6-2)12(20)18-11/h8-11H,5-7H2,1-4H3,(H,18,20). The molecule has 1 fully saturated rings. The summed E-state index contributed by atoms with van der Waals surface area (Å²) in [6.45, 7) is 6.72. The van der Waals surface area contributed by atoms with Crippen LogP contribution in [0.5, 0.6) is 0 Å². The van der Waals surface area contributed by atoms with Gasteiger partial charge in [-0.3, -0.25) is 9.59 Å². The fraction of sp³-hybridized carbons (Fsp3) is 0.857. The Morgan fingerprint density at radius 3 is 2.24 bits per heavy atom. The van der Waals surface area contributed by atoms with E-state index in [2.05, 4.69) is 5.32 Å². The van der Waals surface area contributed by atoms with Gasteiger partial charge in [0.1, 0.15) is 12.1 Å². The van der Waals surface area contributed by atoms with Crippen molar-refractivity contribution in [1.82, 2.24) is 10.2 Å². The van der Waals surface area contributed by atoms with E-state index < -0.39 is 36.6 Å². The minimum absolute atomic E-state index is 0.111. The summed E-state index contributed by atoms with van der Waals surface area (Å²) in [6, 6.07) is -2.60. The quantitative estimate of drug-likeness (QED) is 0.848.